The van der Waals surface area contributed by atoms with Crippen molar-refractivity contribution in [3.05, 3.63) is 85.1 Å². The van der Waals surface area contributed by atoms with E-state index in [1.807, 2.05) is 21.1 Å². The Labute approximate surface area is 583 Å². The minimum absolute atomic E-state index is 0.0312. The van der Waals surface area contributed by atoms with Crippen molar-refractivity contribution in [2.24, 2.45) is 0 Å². The van der Waals surface area contributed by atoms with Crippen LogP contribution in [0.2, 0.25) is 0 Å². The SMILES string of the molecule is CC/C=C\C/C=C\C/C=C\C/C=C\C/C=C\C/C=C\CCCCCCCCCCCCCCCCC(=O)OC(COC(=O)CCCCCCCCCCCCCCCCCCCCCCCCCCC/C=C\CCCCCCCCCC)COP(=O)([O-])OCC[N+](C)(C)C. The molecule has 0 saturated carbocycles. The lowest BCUT2D eigenvalue weighted by Gasteiger charge is -2.28. The summed E-state index contributed by atoms with van der Waals surface area (Å²) in [5.74, 6) is -0.818. The third-order valence-electron chi connectivity index (χ3n) is 17.9. The maximum atomic E-state index is 12.9. The zero-order chi connectivity index (χ0) is 68.3. The van der Waals surface area contributed by atoms with Crippen LogP contribution >= 0.6 is 7.82 Å². The van der Waals surface area contributed by atoms with Crippen molar-refractivity contribution in [3.63, 3.8) is 0 Å². The van der Waals surface area contributed by atoms with Crippen LogP contribution < -0.4 is 4.89 Å². The Kier molecular flexibility index (Phi) is 72.2. The topological polar surface area (TPSA) is 111 Å². The summed E-state index contributed by atoms with van der Waals surface area (Å²) in [6.45, 7) is 4.18. The molecule has 0 aromatic rings. The average molecular weight is 1340 g/mol. The van der Waals surface area contributed by atoms with Gasteiger partial charge in [0.25, 0.3) is 7.82 Å². The lowest BCUT2D eigenvalue weighted by Crippen LogP contribution is -2.37. The highest BCUT2D eigenvalue weighted by atomic mass is 31.2. The van der Waals surface area contributed by atoms with E-state index in [1.165, 1.54) is 276 Å². The van der Waals surface area contributed by atoms with Gasteiger partial charge in [-0.2, -0.15) is 0 Å². The van der Waals surface area contributed by atoms with Crippen LogP contribution in [0.25, 0.3) is 0 Å². The Morgan fingerprint density at radius 1 is 0.340 bits per heavy atom. The van der Waals surface area contributed by atoms with Gasteiger partial charge in [-0.15, -0.1) is 0 Å². The van der Waals surface area contributed by atoms with Gasteiger partial charge < -0.3 is 27.9 Å². The van der Waals surface area contributed by atoms with Gasteiger partial charge in [0, 0.05) is 12.8 Å². The van der Waals surface area contributed by atoms with E-state index in [1.54, 1.807) is 0 Å². The molecule has 0 aliphatic carbocycles. The fraction of sp³-hybridized carbons (Fsp3) is 0.810. The molecule has 0 fully saturated rings. The van der Waals surface area contributed by atoms with E-state index in [0.29, 0.717) is 17.4 Å². The first-order valence-corrected chi connectivity index (χ1v) is 41.8. The number of likely N-dealkylation sites (N-methyl/N-ethyl adjacent to an activating group) is 1. The summed E-state index contributed by atoms with van der Waals surface area (Å²) in [6.07, 6.45) is 103. The molecule has 0 N–H and O–H groups in total. The van der Waals surface area contributed by atoms with Crippen molar-refractivity contribution in [1.29, 1.82) is 0 Å². The minimum Gasteiger partial charge on any atom is -0.756 e. The lowest BCUT2D eigenvalue weighted by atomic mass is 10.0. The fourth-order valence-corrected chi connectivity index (χ4v) is 12.5. The second-order valence-electron chi connectivity index (χ2n) is 28.4. The van der Waals surface area contributed by atoms with E-state index in [2.05, 4.69) is 98.9 Å². The molecule has 0 heterocycles. The number of allylic oxidation sites excluding steroid dienone is 14. The summed E-state index contributed by atoms with van der Waals surface area (Å²) >= 11 is 0. The third kappa shape index (κ3) is 78.2. The van der Waals surface area contributed by atoms with Gasteiger partial charge in [0.2, 0.25) is 0 Å². The molecular formula is C84H154NO8P. The number of hydrogen-bond donors (Lipinski definition) is 0. The smallest absolute Gasteiger partial charge is 0.306 e. The van der Waals surface area contributed by atoms with Crippen molar-refractivity contribution < 1.29 is 42.1 Å². The van der Waals surface area contributed by atoms with Gasteiger partial charge in [-0.3, -0.25) is 14.2 Å². The molecule has 0 aromatic heterocycles. The van der Waals surface area contributed by atoms with Crippen molar-refractivity contribution >= 4 is 19.8 Å². The molecule has 10 heteroatoms. The number of hydrogen-bond acceptors (Lipinski definition) is 8. The molecular weight excluding hydrogens is 1180 g/mol. The molecule has 0 bridgehead atoms. The van der Waals surface area contributed by atoms with Crippen LogP contribution in [0.4, 0.5) is 0 Å². The summed E-state index contributed by atoms with van der Waals surface area (Å²) in [4.78, 5) is 38.2. The van der Waals surface area contributed by atoms with Gasteiger partial charge in [-0.25, -0.2) is 0 Å². The highest BCUT2D eigenvalue weighted by Crippen LogP contribution is 2.38. The zero-order valence-electron chi connectivity index (χ0n) is 62.7. The summed E-state index contributed by atoms with van der Waals surface area (Å²) in [5.41, 5.74) is 0. The first-order valence-electron chi connectivity index (χ1n) is 40.3. The molecule has 2 atom stereocenters. The summed E-state index contributed by atoms with van der Waals surface area (Å²) in [6, 6.07) is 0. The Morgan fingerprint density at radius 2 is 0.606 bits per heavy atom. The van der Waals surface area contributed by atoms with Gasteiger partial charge in [0.15, 0.2) is 6.10 Å². The average Bonchev–Trinajstić information content (AvgIpc) is 1.56. The maximum absolute atomic E-state index is 12.9. The number of phosphoric acid groups is 1. The highest BCUT2D eigenvalue weighted by molar-refractivity contribution is 7.45. The predicted octanol–water partition coefficient (Wildman–Crippen LogP) is 26.2. The molecule has 548 valence electrons. The quantitative estimate of drug-likeness (QED) is 0.0195. The van der Waals surface area contributed by atoms with Gasteiger partial charge in [0.1, 0.15) is 19.8 Å². The molecule has 0 aliphatic rings. The van der Waals surface area contributed by atoms with Crippen molar-refractivity contribution in [1.82, 2.24) is 0 Å². The van der Waals surface area contributed by atoms with Crippen LogP contribution in [0, 0.1) is 0 Å². The summed E-state index contributed by atoms with van der Waals surface area (Å²) in [7, 11) is 1.18. The summed E-state index contributed by atoms with van der Waals surface area (Å²) in [5, 5.41) is 0. The normalized spacial score (nSPS) is 13.5. The number of unbranched alkanes of at least 4 members (excludes halogenated alkanes) is 47. The number of quaternary nitrogens is 1. The van der Waals surface area contributed by atoms with E-state index < -0.39 is 26.5 Å². The van der Waals surface area contributed by atoms with Crippen molar-refractivity contribution in [2.45, 2.75) is 392 Å². The fourth-order valence-electron chi connectivity index (χ4n) is 11.8. The van der Waals surface area contributed by atoms with E-state index >= 15 is 0 Å². The molecule has 2 unspecified atom stereocenters. The van der Waals surface area contributed by atoms with Gasteiger partial charge in [-0.1, -0.05) is 369 Å². The first-order chi connectivity index (χ1) is 46.0. The highest BCUT2D eigenvalue weighted by Gasteiger charge is 2.22. The van der Waals surface area contributed by atoms with Crippen LogP contribution in [0.5, 0.6) is 0 Å². The van der Waals surface area contributed by atoms with E-state index in [4.69, 9.17) is 18.5 Å². The minimum atomic E-state index is -4.65. The number of ether oxygens (including phenoxy) is 2. The molecule has 0 saturated heterocycles. The van der Waals surface area contributed by atoms with Crippen molar-refractivity contribution in [2.75, 3.05) is 47.5 Å². The van der Waals surface area contributed by atoms with E-state index in [0.717, 1.165) is 77.0 Å². The number of rotatable bonds is 75. The molecule has 0 amide bonds. The zero-order valence-corrected chi connectivity index (χ0v) is 63.6. The van der Waals surface area contributed by atoms with Crippen LogP contribution in [-0.4, -0.2) is 70.0 Å². The van der Waals surface area contributed by atoms with Crippen LogP contribution in [0.1, 0.15) is 386 Å². The largest absolute Gasteiger partial charge is 0.756 e. The van der Waals surface area contributed by atoms with Crippen LogP contribution in [-0.2, 0) is 32.7 Å². The Morgan fingerprint density at radius 3 is 0.915 bits per heavy atom. The predicted molar refractivity (Wildman–Crippen MR) is 406 cm³/mol. The van der Waals surface area contributed by atoms with Gasteiger partial charge >= 0.3 is 11.9 Å². The molecule has 9 nitrogen and oxygen atoms in total. The second-order valence-corrected chi connectivity index (χ2v) is 29.8. The molecule has 0 spiro atoms. The Balaban J connectivity index is 3.93. The molecule has 0 rings (SSSR count). The van der Waals surface area contributed by atoms with E-state index in [-0.39, 0.29) is 32.0 Å². The maximum Gasteiger partial charge on any atom is 0.306 e. The number of nitrogens with zero attached hydrogens (tertiary/aromatic N) is 1. The first kappa shape index (κ1) is 91.2. The van der Waals surface area contributed by atoms with Gasteiger partial charge in [-0.05, 0) is 89.9 Å². The Bertz CT molecular complexity index is 1860. The van der Waals surface area contributed by atoms with Crippen molar-refractivity contribution in [3.8, 4) is 0 Å². The van der Waals surface area contributed by atoms with E-state index in [9.17, 15) is 19.0 Å². The Hall–Kier alpha value is -2.81. The molecule has 94 heavy (non-hydrogen) atoms. The van der Waals surface area contributed by atoms with Crippen LogP contribution in [0.15, 0.2) is 85.1 Å². The second kappa shape index (κ2) is 74.4. The standard InChI is InChI=1S/C84H154NO8P/c1-6-8-10-12-14-16-18-20-22-24-26-28-30-32-34-36-38-40-41-42-43-45-46-48-50-52-54-56-58-60-62-64-66-68-70-72-74-76-83(86)90-80-82(81-92-94(88,89)91-79-78-85(3,4)5)93-84(87)77-75-73-71-69-67-65-63-61-59-57-55-53-51-49-47-44-39-37-35-33-31-29-27-25-23-21-19-17-15-13-11-9-7-2/h9,11,15,17,21,23-24,26-27,29,33,35,39,44,82H,6-8,10,12-14,16,18-20,22,25,28,30-32,34,36-38,40-43,45-81H2,1-5H3/b11-9-,17-15-,23-21-,26-24-,29-27-,35-33-,44-39-. The number of esters is 2. The molecule has 0 aliphatic heterocycles. The van der Waals surface area contributed by atoms with Gasteiger partial charge in [0.05, 0.1) is 27.7 Å². The molecule has 0 radical (unpaired) electrons. The third-order valence-corrected chi connectivity index (χ3v) is 18.9. The monoisotopic (exact) mass is 1340 g/mol. The number of carbonyl (C=O) groups is 2. The lowest BCUT2D eigenvalue weighted by molar-refractivity contribution is -0.870. The summed E-state index contributed by atoms with van der Waals surface area (Å²) < 4.78 is 34.4. The van der Waals surface area contributed by atoms with Crippen LogP contribution in [0.3, 0.4) is 0 Å². The number of phosphoric ester groups is 1. The number of carbonyl (C=O) groups excluding carboxylic acids is 2. The molecule has 0 aromatic carbocycles.